The third kappa shape index (κ3) is 2.65. The van der Waals surface area contributed by atoms with E-state index in [0.717, 1.165) is 11.8 Å². The maximum atomic E-state index is 12.9. The fourth-order valence-corrected chi connectivity index (χ4v) is 2.80. The molecule has 0 amide bonds. The molecule has 0 bridgehead atoms. The van der Waals surface area contributed by atoms with Crippen LogP contribution in [0.2, 0.25) is 0 Å². The van der Waals surface area contributed by atoms with Gasteiger partial charge in [0.1, 0.15) is 0 Å². The summed E-state index contributed by atoms with van der Waals surface area (Å²) < 4.78 is 38.7. The number of aliphatic imine (C=N–C) groups is 1. The van der Waals surface area contributed by atoms with Crippen LogP contribution in [0.1, 0.15) is 5.56 Å². The highest BCUT2D eigenvalue weighted by Gasteiger charge is 2.56. The fraction of sp³-hybridized carbons (Fsp3) is 0.364. The maximum Gasteiger partial charge on any atom is 0.415 e. The number of nitrogens with two attached hydrogens (primary N) is 1. The molecule has 1 heterocycles. The van der Waals surface area contributed by atoms with E-state index in [1.54, 1.807) is 24.3 Å². The molecule has 1 unspecified atom stereocenters. The third-order valence-electron chi connectivity index (χ3n) is 2.65. The van der Waals surface area contributed by atoms with E-state index in [2.05, 4.69) is 4.99 Å². The molecule has 1 aliphatic rings. The van der Waals surface area contributed by atoms with Gasteiger partial charge in [0.2, 0.25) is 0 Å². The van der Waals surface area contributed by atoms with Crippen molar-refractivity contribution >= 4 is 29.2 Å². The lowest BCUT2D eigenvalue weighted by atomic mass is 10.0. The molecule has 100 valence electrons. The molecule has 7 heteroatoms. The number of halogens is 4. The Morgan fingerprint density at radius 1 is 1.28 bits per heavy atom. The van der Waals surface area contributed by atoms with Gasteiger partial charge in [-0.15, -0.1) is 24.2 Å². The Labute approximate surface area is 113 Å². The van der Waals surface area contributed by atoms with E-state index < -0.39 is 18.3 Å². The Kier molecular flexibility index (Phi) is 4.69. The van der Waals surface area contributed by atoms with E-state index in [0.29, 0.717) is 10.6 Å². The molecule has 0 saturated heterocycles. The predicted octanol–water partition coefficient (Wildman–Crippen LogP) is 2.86. The number of nitrogens with zero attached hydrogens (tertiary/aromatic N) is 1. The molecule has 2 nitrogen and oxygen atoms in total. The highest BCUT2D eigenvalue weighted by Crippen LogP contribution is 2.41. The summed E-state index contributed by atoms with van der Waals surface area (Å²) in [6.07, 6.45) is -4.40. The van der Waals surface area contributed by atoms with Gasteiger partial charge >= 0.3 is 6.18 Å². The standard InChI is InChI=1S/C11H11F3N2S.ClH/c12-11(13,14)10(6-15)7-17-9(16-10)8-4-2-1-3-5-8;/h1-5H,6-7,15H2;1H. The van der Waals surface area contributed by atoms with Crippen molar-refractivity contribution in [3.8, 4) is 0 Å². The van der Waals surface area contributed by atoms with Crippen LogP contribution in [0.25, 0.3) is 0 Å². The molecule has 0 aliphatic carbocycles. The molecule has 0 saturated carbocycles. The van der Waals surface area contributed by atoms with Crippen molar-refractivity contribution in [2.24, 2.45) is 10.7 Å². The minimum atomic E-state index is -4.40. The van der Waals surface area contributed by atoms with Crippen molar-refractivity contribution in [3.05, 3.63) is 35.9 Å². The van der Waals surface area contributed by atoms with Gasteiger partial charge in [0.25, 0.3) is 0 Å². The first-order valence-electron chi connectivity index (χ1n) is 5.03. The van der Waals surface area contributed by atoms with Crippen molar-refractivity contribution in [1.29, 1.82) is 0 Å². The number of thioether (sulfide) groups is 1. The smallest absolute Gasteiger partial charge is 0.328 e. The number of alkyl halides is 3. The zero-order valence-corrected chi connectivity index (χ0v) is 10.9. The highest BCUT2D eigenvalue weighted by molar-refractivity contribution is 8.14. The van der Waals surface area contributed by atoms with Crippen LogP contribution in [0.15, 0.2) is 35.3 Å². The first-order chi connectivity index (χ1) is 7.98. The van der Waals surface area contributed by atoms with E-state index in [1.807, 2.05) is 6.07 Å². The topological polar surface area (TPSA) is 38.4 Å². The summed E-state index contributed by atoms with van der Waals surface area (Å²) >= 11 is 1.10. The molecule has 0 aromatic heterocycles. The molecular weight excluding hydrogens is 285 g/mol. The predicted molar refractivity (Wildman–Crippen MR) is 70.5 cm³/mol. The summed E-state index contributed by atoms with van der Waals surface area (Å²) in [4.78, 5) is 3.81. The van der Waals surface area contributed by atoms with E-state index in [9.17, 15) is 13.2 Å². The zero-order valence-electron chi connectivity index (χ0n) is 9.28. The van der Waals surface area contributed by atoms with Crippen LogP contribution in [-0.2, 0) is 0 Å². The Morgan fingerprint density at radius 3 is 2.33 bits per heavy atom. The molecule has 2 rings (SSSR count). The SMILES string of the molecule is Cl.NCC1(C(F)(F)F)CSC(c2ccccc2)=N1. The van der Waals surface area contributed by atoms with Gasteiger partial charge in [0.05, 0.1) is 5.04 Å². The minimum absolute atomic E-state index is 0. The van der Waals surface area contributed by atoms with Gasteiger partial charge in [-0.1, -0.05) is 30.3 Å². The summed E-state index contributed by atoms with van der Waals surface area (Å²) in [6, 6.07) is 8.84. The van der Waals surface area contributed by atoms with Gasteiger partial charge < -0.3 is 5.73 Å². The highest BCUT2D eigenvalue weighted by atomic mass is 35.5. The maximum absolute atomic E-state index is 12.9. The van der Waals surface area contributed by atoms with Gasteiger partial charge in [0, 0.05) is 17.9 Å². The summed E-state index contributed by atoms with van der Waals surface area (Å²) in [7, 11) is 0. The van der Waals surface area contributed by atoms with E-state index >= 15 is 0 Å². The molecule has 0 fully saturated rings. The van der Waals surface area contributed by atoms with Crippen molar-refractivity contribution in [3.63, 3.8) is 0 Å². The summed E-state index contributed by atoms with van der Waals surface area (Å²) in [5.74, 6) is -0.142. The average molecular weight is 297 g/mol. The number of hydrogen-bond donors (Lipinski definition) is 1. The quantitative estimate of drug-likeness (QED) is 0.911. The molecule has 0 radical (unpaired) electrons. The third-order valence-corrected chi connectivity index (χ3v) is 3.87. The second-order valence-electron chi connectivity index (χ2n) is 3.81. The molecule has 1 aliphatic heterocycles. The molecule has 18 heavy (non-hydrogen) atoms. The van der Waals surface area contributed by atoms with Crippen LogP contribution < -0.4 is 5.73 Å². The Balaban J connectivity index is 0.00000162. The summed E-state index contributed by atoms with van der Waals surface area (Å²) in [6.45, 7) is -0.514. The lowest BCUT2D eigenvalue weighted by Gasteiger charge is -2.26. The fourth-order valence-electron chi connectivity index (χ4n) is 1.54. The minimum Gasteiger partial charge on any atom is -0.328 e. The van der Waals surface area contributed by atoms with E-state index in [4.69, 9.17) is 5.73 Å². The van der Waals surface area contributed by atoms with Crippen LogP contribution >= 0.6 is 24.2 Å². The van der Waals surface area contributed by atoms with Gasteiger partial charge in [0.15, 0.2) is 5.54 Å². The van der Waals surface area contributed by atoms with Gasteiger partial charge in [-0.2, -0.15) is 13.2 Å². The van der Waals surface area contributed by atoms with Crippen LogP contribution in [0.5, 0.6) is 0 Å². The molecule has 1 atom stereocenters. The second-order valence-corrected chi connectivity index (χ2v) is 4.77. The number of hydrogen-bond acceptors (Lipinski definition) is 3. The molecule has 1 aromatic carbocycles. The normalized spacial score (nSPS) is 23.4. The van der Waals surface area contributed by atoms with Crippen LogP contribution in [0.4, 0.5) is 13.2 Å². The van der Waals surface area contributed by atoms with Crippen molar-refractivity contribution < 1.29 is 13.2 Å². The average Bonchev–Trinajstić information content (AvgIpc) is 2.75. The summed E-state index contributed by atoms with van der Waals surface area (Å²) in [5.41, 5.74) is 3.84. The number of rotatable bonds is 2. The summed E-state index contributed by atoms with van der Waals surface area (Å²) in [5, 5.41) is 0.411. The second kappa shape index (κ2) is 5.50. The van der Waals surface area contributed by atoms with Crippen molar-refractivity contribution in [1.82, 2.24) is 0 Å². The zero-order chi connectivity index (χ0) is 12.5. The van der Waals surface area contributed by atoms with Crippen LogP contribution in [0.3, 0.4) is 0 Å². The van der Waals surface area contributed by atoms with Gasteiger partial charge in [-0.05, 0) is 0 Å². The molecule has 2 N–H and O–H groups in total. The molecule has 1 aromatic rings. The van der Waals surface area contributed by atoms with E-state index in [-0.39, 0.29) is 18.2 Å². The largest absolute Gasteiger partial charge is 0.415 e. The lowest BCUT2D eigenvalue weighted by Crippen LogP contribution is -2.50. The molecular formula is C11H12ClF3N2S. The Morgan fingerprint density at radius 2 is 1.89 bits per heavy atom. The monoisotopic (exact) mass is 296 g/mol. The van der Waals surface area contributed by atoms with Gasteiger partial charge in [-0.3, -0.25) is 4.99 Å². The van der Waals surface area contributed by atoms with E-state index in [1.165, 1.54) is 0 Å². The molecule has 0 spiro atoms. The first-order valence-corrected chi connectivity index (χ1v) is 6.02. The lowest BCUT2D eigenvalue weighted by molar-refractivity contribution is -0.174. The van der Waals surface area contributed by atoms with Crippen LogP contribution in [-0.4, -0.2) is 29.1 Å². The van der Waals surface area contributed by atoms with Gasteiger partial charge in [-0.25, -0.2) is 0 Å². The number of benzene rings is 1. The Hall–Kier alpha value is -0.720. The first kappa shape index (κ1) is 15.3. The van der Waals surface area contributed by atoms with Crippen LogP contribution in [0, 0.1) is 0 Å². The van der Waals surface area contributed by atoms with Crippen molar-refractivity contribution in [2.75, 3.05) is 12.3 Å². The van der Waals surface area contributed by atoms with Crippen molar-refractivity contribution in [2.45, 2.75) is 11.7 Å². The Bertz CT molecular complexity index is 436.